The van der Waals surface area contributed by atoms with E-state index in [2.05, 4.69) is 4.74 Å². The van der Waals surface area contributed by atoms with Crippen LogP contribution >= 0.6 is 28.3 Å². The van der Waals surface area contributed by atoms with Crippen molar-refractivity contribution in [1.82, 2.24) is 0 Å². The fourth-order valence-electron chi connectivity index (χ4n) is 0.296. The Morgan fingerprint density at radius 1 is 1.60 bits per heavy atom. The Hall–Kier alpha value is 0.280. The lowest BCUT2D eigenvalue weighted by molar-refractivity contribution is -0.140. The van der Waals surface area contributed by atoms with Gasteiger partial charge in [-0.1, -0.05) is 0 Å². The van der Waals surface area contributed by atoms with E-state index < -0.39 is 11.8 Å². The third-order valence-electron chi connectivity index (χ3n) is 0.657. The largest absolute Gasteiger partial charge is 0.465 e. The molecule has 10 heavy (non-hydrogen) atoms. The predicted molar refractivity (Wildman–Crippen MR) is 40.8 cm³/mol. The minimum Gasteiger partial charge on any atom is -0.465 e. The first kappa shape index (κ1) is 10.3. The molecular weight excluding hydrogens is 198 g/mol. The second kappa shape index (κ2) is 4.22. The lowest BCUT2D eigenvalue weighted by Crippen LogP contribution is -2.02. The van der Waals surface area contributed by atoms with Gasteiger partial charge < -0.3 is 4.74 Å². The highest BCUT2D eigenvalue weighted by Gasteiger charge is 2.13. The number of carbonyl (C=O) groups excluding carboxylic acids is 1. The summed E-state index contributed by atoms with van der Waals surface area (Å²) in [4.78, 5) is 10.1. The summed E-state index contributed by atoms with van der Waals surface area (Å²) in [7, 11) is 0. The average molecular weight is 205 g/mol. The number of hydrogen-bond donors (Lipinski definition) is 0. The van der Waals surface area contributed by atoms with Crippen LogP contribution in [0.5, 0.6) is 0 Å². The molecule has 6 heteroatoms. The van der Waals surface area contributed by atoms with Crippen LogP contribution in [0.1, 0.15) is 6.92 Å². The summed E-state index contributed by atoms with van der Waals surface area (Å²) in [5, 5.41) is 0. The van der Waals surface area contributed by atoms with Gasteiger partial charge in [0.1, 0.15) is 6.61 Å². The van der Waals surface area contributed by atoms with E-state index in [-0.39, 0.29) is 12.8 Å². The average Bonchev–Trinajstić information content (AvgIpc) is 1.59. The van der Waals surface area contributed by atoms with E-state index in [9.17, 15) is 9.36 Å². The van der Waals surface area contributed by atoms with Crippen molar-refractivity contribution in [1.29, 1.82) is 0 Å². The molecular formula is C4H7Cl2O3P. The van der Waals surface area contributed by atoms with Gasteiger partial charge in [-0.05, 0) is 22.5 Å². The minimum atomic E-state index is -3.05. The van der Waals surface area contributed by atoms with E-state index in [1.54, 1.807) is 0 Å². The molecule has 0 amide bonds. The molecule has 0 aliphatic heterocycles. The van der Waals surface area contributed by atoms with Gasteiger partial charge in [0.2, 0.25) is 0 Å². The molecule has 0 aromatic carbocycles. The maximum absolute atomic E-state index is 10.5. The topological polar surface area (TPSA) is 43.4 Å². The molecule has 0 saturated carbocycles. The van der Waals surface area contributed by atoms with Crippen LogP contribution in [0.4, 0.5) is 0 Å². The summed E-state index contributed by atoms with van der Waals surface area (Å²) in [6.45, 7) is 1.27. The molecule has 0 aliphatic rings. The number of carbonyl (C=O) groups is 1. The smallest absolute Gasteiger partial charge is 0.302 e. The number of hydrogen-bond acceptors (Lipinski definition) is 3. The molecule has 0 aromatic rings. The molecule has 0 spiro atoms. The van der Waals surface area contributed by atoms with Gasteiger partial charge in [0, 0.05) is 6.92 Å². The van der Waals surface area contributed by atoms with Crippen molar-refractivity contribution < 1.29 is 14.1 Å². The zero-order valence-electron chi connectivity index (χ0n) is 5.34. The Labute approximate surface area is 68.6 Å². The maximum Gasteiger partial charge on any atom is 0.302 e. The number of halogens is 2. The highest BCUT2D eigenvalue weighted by molar-refractivity contribution is 8.08. The van der Waals surface area contributed by atoms with Crippen LogP contribution in [0.3, 0.4) is 0 Å². The standard InChI is InChI=1S/C4H7Cl2O3P/c1-4(7)9-2-3-10(5,6)8/h2-3H2,1H3. The van der Waals surface area contributed by atoms with E-state index in [1.807, 2.05) is 0 Å². The molecule has 0 bridgehead atoms. The van der Waals surface area contributed by atoms with Gasteiger partial charge in [-0.25, -0.2) is 0 Å². The van der Waals surface area contributed by atoms with Crippen molar-refractivity contribution in [3.8, 4) is 0 Å². The lowest BCUT2D eigenvalue weighted by atomic mass is 10.8. The molecule has 0 heterocycles. The highest BCUT2D eigenvalue weighted by Crippen LogP contribution is 2.55. The first-order valence-electron chi connectivity index (χ1n) is 2.53. The molecule has 0 unspecified atom stereocenters. The second-order valence-electron chi connectivity index (χ2n) is 1.63. The number of rotatable bonds is 3. The van der Waals surface area contributed by atoms with Gasteiger partial charge in [0.05, 0.1) is 6.16 Å². The predicted octanol–water partition coefficient (Wildman–Crippen LogP) is 2.22. The van der Waals surface area contributed by atoms with E-state index in [0.717, 1.165) is 0 Å². The van der Waals surface area contributed by atoms with E-state index in [0.29, 0.717) is 0 Å². The van der Waals surface area contributed by atoms with Crippen LogP contribution < -0.4 is 0 Å². The van der Waals surface area contributed by atoms with Gasteiger partial charge in [-0.3, -0.25) is 9.36 Å². The molecule has 0 saturated heterocycles. The zero-order chi connectivity index (χ0) is 8.20. The van der Waals surface area contributed by atoms with Gasteiger partial charge in [0.25, 0.3) is 5.85 Å². The molecule has 0 atom stereocenters. The van der Waals surface area contributed by atoms with Crippen LogP contribution in [0.25, 0.3) is 0 Å². The summed E-state index contributed by atoms with van der Waals surface area (Å²) in [6, 6.07) is 0. The number of esters is 1. The highest BCUT2D eigenvalue weighted by atomic mass is 35.9. The van der Waals surface area contributed by atoms with Crippen molar-refractivity contribution in [2.75, 3.05) is 12.8 Å². The van der Waals surface area contributed by atoms with Gasteiger partial charge >= 0.3 is 5.97 Å². The van der Waals surface area contributed by atoms with Gasteiger partial charge in [0.15, 0.2) is 0 Å². The maximum atomic E-state index is 10.5. The fourth-order valence-corrected chi connectivity index (χ4v) is 1.01. The molecule has 0 N–H and O–H groups in total. The molecule has 0 aromatic heterocycles. The van der Waals surface area contributed by atoms with Crippen molar-refractivity contribution in [2.45, 2.75) is 6.92 Å². The molecule has 0 rings (SSSR count). The Bertz CT molecular complexity index is 164. The van der Waals surface area contributed by atoms with E-state index in [4.69, 9.17) is 22.5 Å². The Kier molecular flexibility index (Phi) is 4.34. The lowest BCUT2D eigenvalue weighted by Gasteiger charge is -2.00. The van der Waals surface area contributed by atoms with E-state index in [1.165, 1.54) is 6.92 Å². The first-order chi connectivity index (χ1) is 4.42. The molecule has 0 radical (unpaired) electrons. The van der Waals surface area contributed by atoms with Gasteiger partial charge in [-0.2, -0.15) is 0 Å². The molecule has 60 valence electrons. The quantitative estimate of drug-likeness (QED) is 0.523. The summed E-state index contributed by atoms with van der Waals surface area (Å²) < 4.78 is 15.0. The Morgan fingerprint density at radius 2 is 2.10 bits per heavy atom. The normalized spacial score (nSPS) is 11.1. The summed E-state index contributed by atoms with van der Waals surface area (Å²) in [5.74, 6) is -3.48. The Balaban J connectivity index is 3.39. The molecule has 0 aliphatic carbocycles. The van der Waals surface area contributed by atoms with E-state index >= 15 is 0 Å². The van der Waals surface area contributed by atoms with Crippen LogP contribution in [-0.2, 0) is 14.1 Å². The van der Waals surface area contributed by atoms with Crippen LogP contribution in [0.15, 0.2) is 0 Å². The third-order valence-corrected chi connectivity index (χ3v) is 2.37. The summed E-state index contributed by atoms with van der Waals surface area (Å²) in [5.41, 5.74) is 0. The summed E-state index contributed by atoms with van der Waals surface area (Å²) in [6.07, 6.45) is 0.00961. The van der Waals surface area contributed by atoms with Crippen molar-refractivity contribution in [3.05, 3.63) is 0 Å². The monoisotopic (exact) mass is 204 g/mol. The first-order valence-corrected chi connectivity index (χ1v) is 6.24. The SMILES string of the molecule is CC(=O)OCCP(=O)(Cl)Cl. The van der Waals surface area contributed by atoms with Crippen molar-refractivity contribution in [3.63, 3.8) is 0 Å². The van der Waals surface area contributed by atoms with Gasteiger partial charge in [-0.15, -0.1) is 0 Å². The Morgan fingerprint density at radius 3 is 2.40 bits per heavy atom. The molecule has 0 fully saturated rings. The van der Waals surface area contributed by atoms with Crippen molar-refractivity contribution in [2.24, 2.45) is 0 Å². The number of ether oxygens (including phenoxy) is 1. The summed E-state index contributed by atoms with van der Waals surface area (Å²) >= 11 is 10.3. The van der Waals surface area contributed by atoms with Crippen LogP contribution in [0, 0.1) is 0 Å². The minimum absolute atomic E-state index is 0.00961. The fraction of sp³-hybridized carbons (Fsp3) is 0.750. The second-order valence-corrected chi connectivity index (χ2v) is 7.02. The zero-order valence-corrected chi connectivity index (χ0v) is 7.75. The molecule has 3 nitrogen and oxygen atoms in total. The van der Waals surface area contributed by atoms with Crippen LogP contribution in [-0.4, -0.2) is 18.7 Å². The third kappa shape index (κ3) is 8.28. The van der Waals surface area contributed by atoms with Crippen LogP contribution in [0.2, 0.25) is 0 Å². The van der Waals surface area contributed by atoms with Crippen molar-refractivity contribution >= 4 is 34.3 Å².